The zero-order valence-corrected chi connectivity index (χ0v) is 21.4. The van der Waals surface area contributed by atoms with Gasteiger partial charge >= 0.3 is 12.0 Å². The molecule has 0 aromatic heterocycles. The number of methoxy groups -OCH3 is 1. The SMILES string of the molecule is COc1cc(CC(=O)NC(C)(C)COc2ccc(C(=O)O)cc2)ccc1NC(=O)Nc1ccccc1Cl. The van der Waals surface area contributed by atoms with E-state index < -0.39 is 17.5 Å². The van der Waals surface area contributed by atoms with Gasteiger partial charge in [0.1, 0.15) is 18.1 Å². The van der Waals surface area contributed by atoms with Crippen LogP contribution >= 0.6 is 11.6 Å². The van der Waals surface area contributed by atoms with E-state index in [2.05, 4.69) is 16.0 Å². The number of carboxylic acids is 1. The van der Waals surface area contributed by atoms with Crippen molar-refractivity contribution in [3.8, 4) is 11.5 Å². The lowest BCUT2D eigenvalue weighted by atomic mass is 10.1. The topological polar surface area (TPSA) is 126 Å². The van der Waals surface area contributed by atoms with Crippen molar-refractivity contribution in [3.05, 3.63) is 82.9 Å². The third kappa shape index (κ3) is 8.15. The Balaban J connectivity index is 1.55. The molecular formula is C27H28ClN3O6. The second-order valence-corrected chi connectivity index (χ2v) is 9.23. The first-order valence-electron chi connectivity index (χ1n) is 11.3. The number of nitrogens with one attached hydrogen (secondary N) is 3. The van der Waals surface area contributed by atoms with Crippen LogP contribution in [0, 0.1) is 0 Å². The van der Waals surface area contributed by atoms with Crippen molar-refractivity contribution in [1.29, 1.82) is 0 Å². The number of aromatic carboxylic acids is 1. The summed E-state index contributed by atoms with van der Waals surface area (Å²) in [4.78, 5) is 36.0. The van der Waals surface area contributed by atoms with E-state index in [1.54, 1.807) is 54.6 Å². The Labute approximate surface area is 219 Å². The first-order chi connectivity index (χ1) is 17.6. The van der Waals surface area contributed by atoms with Gasteiger partial charge < -0.3 is 30.5 Å². The zero-order chi connectivity index (χ0) is 27.0. The summed E-state index contributed by atoms with van der Waals surface area (Å²) in [5, 5.41) is 17.7. The van der Waals surface area contributed by atoms with Crippen molar-refractivity contribution < 1.29 is 29.0 Å². The number of amides is 3. The molecule has 0 radical (unpaired) electrons. The number of ether oxygens (including phenoxy) is 2. The molecule has 37 heavy (non-hydrogen) atoms. The summed E-state index contributed by atoms with van der Waals surface area (Å²) in [6, 6.07) is 17.5. The summed E-state index contributed by atoms with van der Waals surface area (Å²) < 4.78 is 11.1. The Kier molecular flexibility index (Phi) is 8.97. The quantitative estimate of drug-likeness (QED) is 0.288. The number of para-hydroxylation sites is 1. The van der Waals surface area contributed by atoms with Crippen LogP contribution in [0.3, 0.4) is 0 Å². The Morgan fingerprint density at radius 3 is 2.27 bits per heavy atom. The molecule has 10 heteroatoms. The van der Waals surface area contributed by atoms with E-state index >= 15 is 0 Å². The van der Waals surface area contributed by atoms with Crippen LogP contribution in [0.1, 0.15) is 29.8 Å². The van der Waals surface area contributed by atoms with Crippen LogP contribution in [0.4, 0.5) is 16.2 Å². The highest BCUT2D eigenvalue weighted by Crippen LogP contribution is 2.27. The molecule has 0 aliphatic heterocycles. The Hall–Kier alpha value is -4.24. The molecule has 3 aromatic rings. The number of hydrogen-bond donors (Lipinski definition) is 4. The number of carboxylic acid groups (broad SMARTS) is 1. The van der Waals surface area contributed by atoms with Gasteiger partial charge in [-0.1, -0.05) is 29.8 Å². The van der Waals surface area contributed by atoms with Crippen molar-refractivity contribution in [1.82, 2.24) is 5.32 Å². The Morgan fingerprint density at radius 1 is 0.946 bits per heavy atom. The lowest BCUT2D eigenvalue weighted by Crippen LogP contribution is -2.48. The van der Waals surface area contributed by atoms with E-state index in [0.29, 0.717) is 33.5 Å². The number of carbonyl (C=O) groups is 3. The van der Waals surface area contributed by atoms with Crippen molar-refractivity contribution in [2.75, 3.05) is 24.4 Å². The van der Waals surface area contributed by atoms with Crippen molar-refractivity contribution in [2.24, 2.45) is 0 Å². The normalized spacial score (nSPS) is 10.8. The van der Waals surface area contributed by atoms with Crippen LogP contribution in [0.5, 0.6) is 11.5 Å². The van der Waals surface area contributed by atoms with Crippen LogP contribution in [0.2, 0.25) is 5.02 Å². The molecule has 0 atom stereocenters. The van der Waals surface area contributed by atoms with E-state index in [0.717, 1.165) is 0 Å². The Bertz CT molecular complexity index is 1280. The van der Waals surface area contributed by atoms with Crippen LogP contribution in [0.15, 0.2) is 66.7 Å². The number of anilines is 2. The smallest absolute Gasteiger partial charge is 0.335 e. The first kappa shape index (κ1) is 27.3. The zero-order valence-electron chi connectivity index (χ0n) is 20.6. The molecule has 0 aliphatic rings. The standard InChI is InChI=1S/C27H28ClN3O6/c1-27(2,16-37-19-11-9-18(10-12-19)25(33)34)31-24(32)15-17-8-13-22(23(14-17)36-3)30-26(35)29-21-7-5-4-6-20(21)28/h4-14H,15-16H2,1-3H3,(H,31,32)(H,33,34)(H2,29,30,35). The van der Waals surface area contributed by atoms with Crippen LogP contribution in [-0.4, -0.2) is 42.3 Å². The molecule has 0 aliphatic carbocycles. The summed E-state index contributed by atoms with van der Waals surface area (Å²) in [6.07, 6.45) is 0.0825. The number of halogens is 1. The fourth-order valence-electron chi connectivity index (χ4n) is 3.39. The summed E-state index contributed by atoms with van der Waals surface area (Å²) >= 11 is 6.08. The maximum Gasteiger partial charge on any atom is 0.335 e. The van der Waals surface area contributed by atoms with Crippen LogP contribution in [-0.2, 0) is 11.2 Å². The molecule has 3 rings (SSSR count). The molecule has 9 nitrogen and oxygen atoms in total. The second-order valence-electron chi connectivity index (χ2n) is 8.82. The summed E-state index contributed by atoms with van der Waals surface area (Å²) in [5.41, 5.74) is 1.06. The number of benzene rings is 3. The number of hydrogen-bond acceptors (Lipinski definition) is 5. The van der Waals surface area contributed by atoms with E-state index in [4.69, 9.17) is 26.2 Å². The molecule has 0 saturated carbocycles. The van der Waals surface area contributed by atoms with Crippen LogP contribution in [0.25, 0.3) is 0 Å². The minimum absolute atomic E-state index is 0.0825. The minimum atomic E-state index is -1.01. The monoisotopic (exact) mass is 525 g/mol. The molecule has 4 N–H and O–H groups in total. The maximum atomic E-state index is 12.7. The average Bonchev–Trinajstić information content (AvgIpc) is 2.85. The predicted molar refractivity (Wildman–Crippen MR) is 142 cm³/mol. The van der Waals surface area contributed by atoms with Gasteiger partial charge in [-0.2, -0.15) is 0 Å². The molecule has 0 spiro atoms. The molecule has 0 heterocycles. The minimum Gasteiger partial charge on any atom is -0.495 e. The summed E-state index contributed by atoms with van der Waals surface area (Å²) in [6.45, 7) is 3.82. The Morgan fingerprint density at radius 2 is 1.62 bits per heavy atom. The largest absolute Gasteiger partial charge is 0.495 e. The second kappa shape index (κ2) is 12.1. The summed E-state index contributed by atoms with van der Waals surface area (Å²) in [5.74, 6) is -0.347. The van der Waals surface area contributed by atoms with Crippen molar-refractivity contribution >= 4 is 40.9 Å². The maximum absolute atomic E-state index is 12.7. The van der Waals surface area contributed by atoms with Gasteiger partial charge in [0.15, 0.2) is 0 Å². The fraction of sp³-hybridized carbons (Fsp3) is 0.222. The molecule has 3 aromatic carbocycles. The lowest BCUT2D eigenvalue weighted by Gasteiger charge is -2.26. The highest BCUT2D eigenvalue weighted by atomic mass is 35.5. The van der Waals surface area contributed by atoms with Gasteiger partial charge in [0.2, 0.25) is 5.91 Å². The molecule has 3 amide bonds. The molecule has 194 valence electrons. The van der Waals surface area contributed by atoms with Gasteiger partial charge in [-0.25, -0.2) is 9.59 Å². The van der Waals surface area contributed by atoms with E-state index in [1.807, 2.05) is 13.8 Å². The molecule has 0 bridgehead atoms. The van der Waals surface area contributed by atoms with E-state index in [-0.39, 0.29) is 24.5 Å². The van der Waals surface area contributed by atoms with Gasteiger partial charge in [0.25, 0.3) is 0 Å². The van der Waals surface area contributed by atoms with E-state index in [1.165, 1.54) is 19.2 Å². The van der Waals surface area contributed by atoms with Crippen LogP contribution < -0.4 is 25.4 Å². The van der Waals surface area contributed by atoms with Gasteiger partial charge in [0.05, 0.1) is 41.0 Å². The molecule has 0 unspecified atom stereocenters. The third-order valence-corrected chi connectivity index (χ3v) is 5.51. The van der Waals surface area contributed by atoms with Crippen molar-refractivity contribution in [2.45, 2.75) is 25.8 Å². The molecule has 0 fully saturated rings. The summed E-state index contributed by atoms with van der Waals surface area (Å²) in [7, 11) is 1.47. The predicted octanol–water partition coefficient (Wildman–Crippen LogP) is 5.21. The highest BCUT2D eigenvalue weighted by molar-refractivity contribution is 6.33. The molecule has 0 saturated heterocycles. The van der Waals surface area contributed by atoms with Crippen molar-refractivity contribution in [3.63, 3.8) is 0 Å². The van der Waals surface area contributed by atoms with Gasteiger partial charge in [-0.05, 0) is 67.9 Å². The fourth-order valence-corrected chi connectivity index (χ4v) is 3.57. The molecular weight excluding hydrogens is 498 g/mol. The average molecular weight is 526 g/mol. The lowest BCUT2D eigenvalue weighted by molar-refractivity contribution is -0.122. The van der Waals surface area contributed by atoms with Gasteiger partial charge in [-0.3, -0.25) is 4.79 Å². The van der Waals surface area contributed by atoms with Gasteiger partial charge in [0, 0.05) is 0 Å². The van der Waals surface area contributed by atoms with E-state index in [9.17, 15) is 14.4 Å². The highest BCUT2D eigenvalue weighted by Gasteiger charge is 2.22. The van der Waals surface area contributed by atoms with Gasteiger partial charge in [-0.15, -0.1) is 0 Å². The number of urea groups is 1. The third-order valence-electron chi connectivity index (χ3n) is 5.18. The number of carbonyl (C=O) groups excluding carboxylic acids is 2. The number of rotatable bonds is 10. The first-order valence-corrected chi connectivity index (χ1v) is 11.7.